The molecule has 0 aliphatic heterocycles. The van der Waals surface area contributed by atoms with Gasteiger partial charge in [0.1, 0.15) is 24.1 Å². The second kappa shape index (κ2) is 9.14. The summed E-state index contributed by atoms with van der Waals surface area (Å²) < 4.78 is 15.5. The average Bonchev–Trinajstić information content (AvgIpc) is 2.70. The molecule has 140 valence electrons. The van der Waals surface area contributed by atoms with Crippen LogP contribution in [0, 0.1) is 0 Å². The highest BCUT2D eigenvalue weighted by atomic mass is 16.6. The highest BCUT2D eigenvalue weighted by molar-refractivity contribution is 5.85. The van der Waals surface area contributed by atoms with Crippen LogP contribution < -0.4 is 9.47 Å². The molecular weight excluding hydrogens is 356 g/mol. The predicted octanol–water partition coefficient (Wildman–Crippen LogP) is 1.76. The first kappa shape index (κ1) is 19.6. The molecule has 2 atom stereocenters. The number of aldehydes is 2. The van der Waals surface area contributed by atoms with Gasteiger partial charge in [0.15, 0.2) is 0 Å². The molecule has 1 N–H and O–H groups in total. The second-order valence-electron chi connectivity index (χ2n) is 5.32. The van der Waals surface area contributed by atoms with Crippen LogP contribution in [0.2, 0.25) is 0 Å². The number of hydrogen-bond acceptors (Lipinski definition) is 7. The molecule has 0 aromatic heterocycles. The smallest absolute Gasteiger partial charge is 0.351 e. The topological polar surface area (TPSA) is 116 Å². The Morgan fingerprint density at radius 1 is 0.889 bits per heavy atom. The van der Waals surface area contributed by atoms with Crippen LogP contribution in [0.5, 0.6) is 11.5 Å². The Hall–Kier alpha value is -3.68. The van der Waals surface area contributed by atoms with Gasteiger partial charge >= 0.3 is 11.9 Å². The summed E-state index contributed by atoms with van der Waals surface area (Å²) in [6.45, 7) is 0. The summed E-state index contributed by atoms with van der Waals surface area (Å²) in [5.41, 5.74) is 0.549. The third kappa shape index (κ3) is 5.15. The third-order valence-electron chi connectivity index (χ3n) is 3.47. The minimum atomic E-state index is -1.76. The second-order valence-corrected chi connectivity index (χ2v) is 5.32. The van der Waals surface area contributed by atoms with Crippen molar-refractivity contribution < 1.29 is 38.5 Å². The number of ether oxygens (including phenoxy) is 3. The first-order valence-electron chi connectivity index (χ1n) is 7.73. The van der Waals surface area contributed by atoms with E-state index in [2.05, 4.69) is 4.74 Å². The lowest BCUT2D eigenvalue weighted by atomic mass is 10.1. The van der Waals surface area contributed by atoms with Crippen molar-refractivity contribution in [2.24, 2.45) is 0 Å². The van der Waals surface area contributed by atoms with Gasteiger partial charge in [0.25, 0.3) is 0 Å². The molecule has 0 radical (unpaired) electrons. The van der Waals surface area contributed by atoms with Crippen molar-refractivity contribution in [1.82, 2.24) is 0 Å². The molecule has 0 saturated carbocycles. The molecule has 2 aromatic rings. The van der Waals surface area contributed by atoms with Crippen molar-refractivity contribution in [3.8, 4) is 11.5 Å². The molecule has 8 nitrogen and oxygen atoms in total. The number of carboxylic acid groups (broad SMARTS) is 1. The van der Waals surface area contributed by atoms with E-state index in [0.29, 0.717) is 12.6 Å². The zero-order chi connectivity index (χ0) is 19.8. The fraction of sp³-hybridized carbons (Fsp3) is 0.158. The predicted molar refractivity (Wildman–Crippen MR) is 92.1 cm³/mol. The van der Waals surface area contributed by atoms with Crippen molar-refractivity contribution >= 4 is 24.5 Å². The number of benzene rings is 2. The van der Waals surface area contributed by atoms with Crippen molar-refractivity contribution in [2.45, 2.75) is 12.2 Å². The van der Waals surface area contributed by atoms with Gasteiger partial charge in [-0.2, -0.15) is 0 Å². The van der Waals surface area contributed by atoms with Crippen LogP contribution in [0.15, 0.2) is 48.5 Å². The first-order chi connectivity index (χ1) is 13.0. The first-order valence-corrected chi connectivity index (χ1v) is 7.73. The Morgan fingerprint density at radius 3 is 1.78 bits per heavy atom. The van der Waals surface area contributed by atoms with Gasteiger partial charge in [-0.15, -0.1) is 0 Å². The number of rotatable bonds is 9. The summed E-state index contributed by atoms with van der Waals surface area (Å²) in [7, 11) is 1.08. The van der Waals surface area contributed by atoms with Crippen LogP contribution >= 0.6 is 0 Å². The van der Waals surface area contributed by atoms with Gasteiger partial charge in [-0.3, -0.25) is 9.59 Å². The lowest BCUT2D eigenvalue weighted by Crippen LogP contribution is -2.48. The lowest BCUT2D eigenvalue weighted by molar-refractivity contribution is -0.163. The van der Waals surface area contributed by atoms with Gasteiger partial charge in [0.05, 0.1) is 7.11 Å². The van der Waals surface area contributed by atoms with Gasteiger partial charge in [0.2, 0.25) is 12.2 Å². The van der Waals surface area contributed by atoms with E-state index in [9.17, 15) is 24.3 Å². The minimum Gasteiger partial charge on any atom is -0.478 e. The molecule has 8 heteroatoms. The zero-order valence-electron chi connectivity index (χ0n) is 14.2. The molecule has 2 rings (SSSR count). The summed E-state index contributed by atoms with van der Waals surface area (Å²) >= 11 is 0. The van der Waals surface area contributed by atoms with Crippen LogP contribution in [0.3, 0.4) is 0 Å². The molecule has 0 amide bonds. The highest BCUT2D eigenvalue weighted by Crippen LogP contribution is 2.20. The van der Waals surface area contributed by atoms with Crippen molar-refractivity contribution in [2.75, 3.05) is 7.11 Å². The summed E-state index contributed by atoms with van der Waals surface area (Å²) in [6, 6.07) is 11.6. The van der Waals surface area contributed by atoms with Crippen molar-refractivity contribution in [3.63, 3.8) is 0 Å². The lowest BCUT2D eigenvalue weighted by Gasteiger charge is -2.24. The van der Waals surface area contributed by atoms with Crippen LogP contribution in [-0.4, -0.2) is 48.9 Å². The summed E-state index contributed by atoms with van der Waals surface area (Å²) in [4.78, 5) is 45.6. The molecule has 0 saturated heterocycles. The van der Waals surface area contributed by atoms with Crippen LogP contribution in [-0.2, 0) is 14.3 Å². The van der Waals surface area contributed by atoms with Crippen molar-refractivity contribution in [1.29, 1.82) is 0 Å². The fourth-order valence-corrected chi connectivity index (χ4v) is 2.21. The summed E-state index contributed by atoms with van der Waals surface area (Å²) in [5.74, 6) is -2.31. The van der Waals surface area contributed by atoms with Gasteiger partial charge in [0, 0.05) is 11.1 Å². The van der Waals surface area contributed by atoms with Gasteiger partial charge in [-0.25, -0.2) is 9.59 Å². The summed E-state index contributed by atoms with van der Waals surface area (Å²) in [5, 5.41) is 9.52. The molecule has 0 spiro atoms. The number of carboxylic acids is 1. The van der Waals surface area contributed by atoms with Gasteiger partial charge in [-0.1, -0.05) is 24.3 Å². The SMILES string of the molecule is COC(=O)C(Oc1cccc(C=O)c1)C(Oc1cccc(C=O)c1)C(=O)O. The Labute approximate surface area is 154 Å². The molecule has 0 aliphatic rings. The van der Waals surface area contributed by atoms with E-state index in [1.807, 2.05) is 0 Å². The fourth-order valence-electron chi connectivity index (χ4n) is 2.21. The third-order valence-corrected chi connectivity index (χ3v) is 3.47. The van der Waals surface area contributed by atoms with E-state index in [1.165, 1.54) is 48.5 Å². The van der Waals surface area contributed by atoms with Crippen LogP contribution in [0.4, 0.5) is 0 Å². The molecule has 27 heavy (non-hydrogen) atoms. The van der Waals surface area contributed by atoms with E-state index in [4.69, 9.17) is 9.47 Å². The maximum Gasteiger partial charge on any atom is 0.351 e. The van der Waals surface area contributed by atoms with E-state index in [1.54, 1.807) is 0 Å². The maximum absolute atomic E-state index is 12.1. The molecule has 0 bridgehead atoms. The Morgan fingerprint density at radius 2 is 1.37 bits per heavy atom. The van der Waals surface area contributed by atoms with E-state index >= 15 is 0 Å². The van der Waals surface area contributed by atoms with E-state index in [0.717, 1.165) is 7.11 Å². The Balaban J connectivity index is 2.34. The quantitative estimate of drug-likeness (QED) is 0.523. The number of carbonyl (C=O) groups excluding carboxylic acids is 3. The molecule has 2 aromatic carbocycles. The van der Waals surface area contributed by atoms with Crippen molar-refractivity contribution in [3.05, 3.63) is 59.7 Å². The summed E-state index contributed by atoms with van der Waals surface area (Å²) in [6.07, 6.45) is -2.27. The van der Waals surface area contributed by atoms with Crippen LogP contribution in [0.25, 0.3) is 0 Å². The van der Waals surface area contributed by atoms with Gasteiger partial charge in [-0.05, 0) is 24.3 Å². The Bertz CT molecular complexity index is 845. The average molecular weight is 372 g/mol. The monoisotopic (exact) mass is 372 g/mol. The Kier molecular flexibility index (Phi) is 6.65. The molecule has 0 aliphatic carbocycles. The van der Waals surface area contributed by atoms with E-state index in [-0.39, 0.29) is 22.6 Å². The molecule has 2 unspecified atom stereocenters. The zero-order valence-corrected chi connectivity index (χ0v) is 14.2. The van der Waals surface area contributed by atoms with Gasteiger partial charge < -0.3 is 19.3 Å². The standard InChI is InChI=1S/C19H16O8/c1-25-19(24)17(27-15-7-3-5-13(9-15)11-21)16(18(22)23)26-14-6-2-4-12(8-14)10-20/h2-11,16-17H,1H3,(H,22,23). The largest absolute Gasteiger partial charge is 0.478 e. The number of hydrogen-bond donors (Lipinski definition) is 1. The highest BCUT2D eigenvalue weighted by Gasteiger charge is 2.39. The number of esters is 1. The molecule has 0 fully saturated rings. The minimum absolute atomic E-state index is 0.0612. The number of carbonyl (C=O) groups is 4. The maximum atomic E-state index is 12.1. The molecular formula is C19H16O8. The normalized spacial score (nSPS) is 12.3. The van der Waals surface area contributed by atoms with Crippen LogP contribution in [0.1, 0.15) is 20.7 Å². The number of methoxy groups -OCH3 is 1. The molecule has 0 heterocycles. The number of aliphatic carboxylic acids is 1. The van der Waals surface area contributed by atoms with E-state index < -0.39 is 24.1 Å².